The number of urea groups is 1. The van der Waals surface area contributed by atoms with Crippen molar-refractivity contribution in [3.63, 3.8) is 0 Å². The third-order valence-corrected chi connectivity index (χ3v) is 3.20. The van der Waals surface area contributed by atoms with Gasteiger partial charge in [0.1, 0.15) is 18.6 Å². The highest BCUT2D eigenvalue weighted by Gasteiger charge is 2.36. The Morgan fingerprint density at radius 3 is 2.36 bits per heavy atom. The van der Waals surface area contributed by atoms with Crippen LogP contribution in [0, 0.1) is 5.41 Å². The Balaban J connectivity index is 2.36. The van der Waals surface area contributed by atoms with E-state index in [2.05, 4.69) is 10.6 Å². The number of carbonyl (C=O) groups excluding carboxylic acids is 3. The van der Waals surface area contributed by atoms with Crippen molar-refractivity contribution in [1.82, 2.24) is 5.32 Å². The van der Waals surface area contributed by atoms with E-state index in [1.165, 1.54) is 14.0 Å². The number of nitrogens with one attached hydrogen (secondary N) is 2. The Morgan fingerprint density at radius 2 is 1.76 bits per heavy atom. The number of benzene rings is 1. The molecular formula is C17H24N2O6. The molecule has 0 saturated carbocycles. The number of para-hydroxylation sites is 1. The molecule has 0 saturated heterocycles. The molecule has 138 valence electrons. The summed E-state index contributed by atoms with van der Waals surface area (Å²) >= 11 is 0. The summed E-state index contributed by atoms with van der Waals surface area (Å²) in [6.07, 6.45) is 0. The van der Waals surface area contributed by atoms with Crippen LogP contribution in [0.3, 0.4) is 0 Å². The second-order valence-electron chi connectivity index (χ2n) is 5.66. The summed E-state index contributed by atoms with van der Waals surface area (Å²) in [6.45, 7) is 2.87. The zero-order chi connectivity index (χ0) is 18.7. The number of carbonyl (C=O) groups is 3. The maximum absolute atomic E-state index is 12.2. The van der Waals surface area contributed by atoms with E-state index in [9.17, 15) is 14.4 Å². The zero-order valence-corrected chi connectivity index (χ0v) is 14.7. The van der Waals surface area contributed by atoms with Crippen LogP contribution in [0.2, 0.25) is 0 Å². The normalized spacial score (nSPS) is 12.6. The largest absolute Gasteiger partial charge is 0.465 e. The number of hydrogen-bond acceptors (Lipinski definition) is 6. The van der Waals surface area contributed by atoms with E-state index in [1.54, 1.807) is 31.2 Å². The quantitative estimate of drug-likeness (QED) is 0.516. The number of ether oxygens (including phenoxy) is 3. The summed E-state index contributed by atoms with van der Waals surface area (Å²) in [6, 6.07) is 8.56. The number of amides is 2. The minimum atomic E-state index is -1.10. The molecule has 25 heavy (non-hydrogen) atoms. The van der Waals surface area contributed by atoms with E-state index in [0.717, 1.165) is 0 Å². The van der Waals surface area contributed by atoms with E-state index in [1.807, 2.05) is 6.07 Å². The summed E-state index contributed by atoms with van der Waals surface area (Å²) in [4.78, 5) is 34.8. The van der Waals surface area contributed by atoms with Gasteiger partial charge in [-0.05, 0) is 19.1 Å². The second-order valence-corrected chi connectivity index (χ2v) is 5.66. The van der Waals surface area contributed by atoms with Gasteiger partial charge < -0.3 is 24.8 Å². The lowest BCUT2D eigenvalue weighted by Gasteiger charge is -2.25. The van der Waals surface area contributed by atoms with E-state index < -0.39 is 23.4 Å². The fraction of sp³-hybridized carbons (Fsp3) is 0.471. The molecule has 0 bridgehead atoms. The predicted octanol–water partition coefficient (Wildman–Crippen LogP) is 1.57. The maximum atomic E-state index is 12.2. The van der Waals surface area contributed by atoms with Gasteiger partial charge in [0, 0.05) is 19.7 Å². The summed E-state index contributed by atoms with van der Waals surface area (Å²) in [5, 5.41) is 5.22. The van der Waals surface area contributed by atoms with Crippen molar-refractivity contribution in [3.05, 3.63) is 30.3 Å². The first-order valence-electron chi connectivity index (χ1n) is 7.77. The lowest BCUT2D eigenvalue weighted by atomic mass is 9.93. The first kappa shape index (κ1) is 20.4. The van der Waals surface area contributed by atoms with Gasteiger partial charge in [0.2, 0.25) is 0 Å². The van der Waals surface area contributed by atoms with Crippen LogP contribution in [0.1, 0.15) is 13.8 Å². The van der Waals surface area contributed by atoms with Gasteiger partial charge >= 0.3 is 18.0 Å². The highest BCUT2D eigenvalue weighted by Crippen LogP contribution is 2.19. The molecule has 1 rings (SSSR count). The monoisotopic (exact) mass is 352 g/mol. The smallest absolute Gasteiger partial charge is 0.319 e. The molecule has 0 aliphatic rings. The van der Waals surface area contributed by atoms with Gasteiger partial charge in [-0.25, -0.2) is 4.79 Å². The van der Waals surface area contributed by atoms with E-state index in [-0.39, 0.29) is 26.4 Å². The highest BCUT2D eigenvalue weighted by atomic mass is 16.6. The summed E-state index contributed by atoms with van der Waals surface area (Å²) in [7, 11) is 1.44. The first-order chi connectivity index (χ1) is 11.9. The average Bonchev–Trinajstić information content (AvgIpc) is 2.58. The number of rotatable bonds is 9. The van der Waals surface area contributed by atoms with Crippen molar-refractivity contribution in [2.24, 2.45) is 5.41 Å². The molecule has 8 nitrogen and oxygen atoms in total. The molecule has 1 aromatic rings. The molecule has 0 heterocycles. The Kier molecular flexibility index (Phi) is 8.42. The minimum Gasteiger partial charge on any atom is -0.465 e. The molecule has 1 atom stereocenters. The molecule has 0 spiro atoms. The minimum absolute atomic E-state index is 0.0135. The Hall–Kier alpha value is -2.61. The summed E-state index contributed by atoms with van der Waals surface area (Å²) in [5.74, 6) is -1.06. The predicted molar refractivity (Wildman–Crippen MR) is 91.0 cm³/mol. The molecule has 0 aliphatic carbocycles. The van der Waals surface area contributed by atoms with Crippen molar-refractivity contribution < 1.29 is 28.6 Å². The summed E-state index contributed by atoms with van der Waals surface area (Å²) < 4.78 is 15.0. The van der Waals surface area contributed by atoms with Gasteiger partial charge in [-0.15, -0.1) is 0 Å². The van der Waals surface area contributed by atoms with Crippen LogP contribution >= 0.6 is 0 Å². The molecule has 2 amide bonds. The number of hydrogen-bond donors (Lipinski definition) is 2. The Bertz CT molecular complexity index is 578. The highest BCUT2D eigenvalue weighted by molar-refractivity contribution is 5.89. The fourth-order valence-electron chi connectivity index (χ4n) is 1.92. The third kappa shape index (κ3) is 7.67. The van der Waals surface area contributed by atoms with Gasteiger partial charge in [-0.3, -0.25) is 9.59 Å². The van der Waals surface area contributed by atoms with E-state index in [4.69, 9.17) is 14.2 Å². The second kappa shape index (κ2) is 10.3. The molecule has 2 N–H and O–H groups in total. The van der Waals surface area contributed by atoms with Crippen LogP contribution in [0.15, 0.2) is 30.3 Å². The topological polar surface area (TPSA) is 103 Å². The van der Waals surface area contributed by atoms with Crippen LogP contribution < -0.4 is 10.6 Å². The standard InChI is InChI=1S/C17H24N2O6/c1-13(20)25-12-17(2,11-23-3)15(21)24-10-9-18-16(22)19-14-7-5-4-6-8-14/h4-8H,9-12H2,1-3H3,(H2,18,19,22). The molecule has 0 fully saturated rings. The molecule has 8 heteroatoms. The van der Waals surface area contributed by atoms with Crippen molar-refractivity contribution in [1.29, 1.82) is 0 Å². The lowest BCUT2D eigenvalue weighted by Crippen LogP contribution is -2.40. The number of anilines is 1. The van der Waals surface area contributed by atoms with E-state index in [0.29, 0.717) is 5.69 Å². The molecule has 0 aliphatic heterocycles. The zero-order valence-electron chi connectivity index (χ0n) is 14.7. The van der Waals surface area contributed by atoms with Crippen molar-refractivity contribution in [2.75, 3.05) is 38.8 Å². The first-order valence-corrected chi connectivity index (χ1v) is 7.77. The molecule has 0 radical (unpaired) electrons. The SMILES string of the molecule is COCC(C)(COC(C)=O)C(=O)OCCNC(=O)Nc1ccccc1. The molecule has 1 aromatic carbocycles. The summed E-state index contributed by atoms with van der Waals surface area (Å²) in [5.41, 5.74) is -0.446. The third-order valence-electron chi connectivity index (χ3n) is 3.20. The molecule has 1 unspecified atom stereocenters. The van der Waals surface area contributed by atoms with Crippen LogP contribution in [-0.4, -0.2) is 51.4 Å². The number of esters is 2. The van der Waals surface area contributed by atoms with Gasteiger partial charge in [0.15, 0.2) is 0 Å². The lowest BCUT2D eigenvalue weighted by molar-refractivity contribution is -0.165. The van der Waals surface area contributed by atoms with Crippen LogP contribution in [0.25, 0.3) is 0 Å². The van der Waals surface area contributed by atoms with Crippen LogP contribution in [-0.2, 0) is 23.8 Å². The molecule has 0 aromatic heterocycles. The Morgan fingerprint density at radius 1 is 1.08 bits per heavy atom. The van der Waals surface area contributed by atoms with Crippen molar-refractivity contribution in [2.45, 2.75) is 13.8 Å². The maximum Gasteiger partial charge on any atom is 0.319 e. The van der Waals surface area contributed by atoms with Crippen molar-refractivity contribution in [3.8, 4) is 0 Å². The molecular weight excluding hydrogens is 328 g/mol. The van der Waals surface area contributed by atoms with Gasteiger partial charge in [0.25, 0.3) is 0 Å². The van der Waals surface area contributed by atoms with Gasteiger partial charge in [-0.1, -0.05) is 18.2 Å². The van der Waals surface area contributed by atoms with Gasteiger partial charge in [-0.2, -0.15) is 0 Å². The average molecular weight is 352 g/mol. The van der Waals surface area contributed by atoms with Crippen LogP contribution in [0.5, 0.6) is 0 Å². The fourth-order valence-corrected chi connectivity index (χ4v) is 1.92. The number of methoxy groups -OCH3 is 1. The Labute approximate surface area is 146 Å². The van der Waals surface area contributed by atoms with Crippen molar-refractivity contribution >= 4 is 23.7 Å². The van der Waals surface area contributed by atoms with E-state index >= 15 is 0 Å². The van der Waals surface area contributed by atoms with Gasteiger partial charge in [0.05, 0.1) is 13.2 Å². The van der Waals surface area contributed by atoms with Crippen LogP contribution in [0.4, 0.5) is 10.5 Å².